The summed E-state index contributed by atoms with van der Waals surface area (Å²) >= 11 is 0. The van der Waals surface area contributed by atoms with Crippen molar-refractivity contribution in [1.82, 2.24) is 5.32 Å². The molecule has 3 atom stereocenters. The fraction of sp³-hybridized carbons (Fsp3) is 0.800. The van der Waals surface area contributed by atoms with Gasteiger partial charge in [-0.1, -0.05) is 6.92 Å². The van der Waals surface area contributed by atoms with Crippen LogP contribution in [-0.2, 0) is 0 Å². The molecule has 9 N–H and O–H groups in total. The van der Waals surface area contributed by atoms with Crippen molar-refractivity contribution in [3.63, 3.8) is 0 Å². The second kappa shape index (κ2) is 9.64. The van der Waals surface area contributed by atoms with Gasteiger partial charge in [-0.05, 0) is 13.0 Å². The van der Waals surface area contributed by atoms with Gasteiger partial charge in [-0.25, -0.2) is 0 Å². The van der Waals surface area contributed by atoms with E-state index in [1.54, 1.807) is 0 Å². The third kappa shape index (κ3) is 7.03. The lowest BCUT2D eigenvalue weighted by Gasteiger charge is -2.22. The Morgan fingerprint density at radius 1 is 1.21 bits per heavy atom. The number of nitrogens with two attached hydrogens (primary N) is 2. The molecule has 112 valence electrons. The molecule has 0 saturated heterocycles. The lowest BCUT2D eigenvalue weighted by atomic mass is 10.0. The second-order valence-electron chi connectivity index (χ2n) is 3.98. The van der Waals surface area contributed by atoms with E-state index in [4.69, 9.17) is 16.6 Å². The molecule has 19 heavy (non-hydrogen) atoms. The van der Waals surface area contributed by atoms with E-state index in [2.05, 4.69) is 15.5 Å². The molecule has 0 aromatic rings. The summed E-state index contributed by atoms with van der Waals surface area (Å²) in [5.74, 6) is -0.294. The Labute approximate surface area is 111 Å². The van der Waals surface area contributed by atoms with Crippen molar-refractivity contribution < 1.29 is 20.4 Å². The van der Waals surface area contributed by atoms with Gasteiger partial charge in [0, 0.05) is 6.54 Å². The molecule has 0 bridgehead atoms. The number of hydrogen-bond donors (Lipinski definition) is 7. The third-order valence-corrected chi connectivity index (χ3v) is 2.27. The van der Waals surface area contributed by atoms with Crippen molar-refractivity contribution in [3.05, 3.63) is 0 Å². The van der Waals surface area contributed by atoms with E-state index in [1.165, 1.54) is 0 Å². The summed E-state index contributed by atoms with van der Waals surface area (Å²) in [5.41, 5.74) is 10.3. The van der Waals surface area contributed by atoms with Crippen molar-refractivity contribution in [1.29, 1.82) is 0 Å². The molecule has 0 fully saturated rings. The zero-order valence-corrected chi connectivity index (χ0v) is 10.9. The van der Waals surface area contributed by atoms with Crippen LogP contribution in [0.25, 0.3) is 0 Å². The van der Waals surface area contributed by atoms with E-state index in [0.717, 1.165) is 6.42 Å². The van der Waals surface area contributed by atoms with Gasteiger partial charge in [-0.15, -0.1) is 5.10 Å². The Kier molecular flexibility index (Phi) is 9.00. The Morgan fingerprint density at radius 2 is 1.84 bits per heavy atom. The highest BCUT2D eigenvalue weighted by molar-refractivity contribution is 5.91. The number of nitrogens with one attached hydrogen (secondary N) is 1. The van der Waals surface area contributed by atoms with Gasteiger partial charge in [0.05, 0.1) is 12.3 Å². The molecular weight excluding hydrogens is 254 g/mol. The molecule has 0 spiro atoms. The van der Waals surface area contributed by atoms with Crippen LogP contribution in [0.3, 0.4) is 0 Å². The van der Waals surface area contributed by atoms with Crippen molar-refractivity contribution in [3.8, 4) is 0 Å². The van der Waals surface area contributed by atoms with E-state index >= 15 is 0 Å². The Morgan fingerprint density at radius 3 is 2.32 bits per heavy atom. The van der Waals surface area contributed by atoms with Gasteiger partial charge in [-0.2, -0.15) is 5.10 Å². The van der Waals surface area contributed by atoms with Gasteiger partial charge in [0.2, 0.25) is 5.96 Å². The average Bonchev–Trinajstić information content (AvgIpc) is 2.39. The molecule has 0 unspecified atom stereocenters. The molecule has 0 amide bonds. The standard InChI is InChI=1S/C10H23N5O4/c1-2-3-13-4-6(14-15-10(11)12)8(18)9(19)7(17)5-16/h7-9,13,16-19H,2-5H2,1H3,(H4,11,12,15)/t7-,8-,9-/m1/s1. The van der Waals surface area contributed by atoms with E-state index in [-0.39, 0.29) is 18.2 Å². The minimum absolute atomic E-state index is 0.0573. The number of hydrogen-bond acceptors (Lipinski definition) is 7. The normalized spacial score (nSPS) is 16.8. The van der Waals surface area contributed by atoms with Crippen molar-refractivity contribution >= 4 is 11.7 Å². The fourth-order valence-corrected chi connectivity index (χ4v) is 1.23. The maximum absolute atomic E-state index is 9.85. The molecule has 0 aromatic carbocycles. The van der Waals surface area contributed by atoms with E-state index < -0.39 is 24.9 Å². The van der Waals surface area contributed by atoms with Crippen LogP contribution >= 0.6 is 0 Å². The highest BCUT2D eigenvalue weighted by atomic mass is 16.4. The Hall–Kier alpha value is -1.26. The monoisotopic (exact) mass is 277 g/mol. The Balaban J connectivity index is 4.80. The molecule has 0 aliphatic heterocycles. The van der Waals surface area contributed by atoms with Gasteiger partial charge in [-0.3, -0.25) is 0 Å². The number of rotatable bonds is 9. The summed E-state index contributed by atoms with van der Waals surface area (Å²) in [4.78, 5) is 0. The predicted molar refractivity (Wildman–Crippen MR) is 71.5 cm³/mol. The molecule has 9 heteroatoms. The molecule has 0 radical (unpaired) electrons. The average molecular weight is 277 g/mol. The van der Waals surface area contributed by atoms with Crippen molar-refractivity contribution in [2.45, 2.75) is 31.7 Å². The number of guanidine groups is 1. The van der Waals surface area contributed by atoms with Crippen LogP contribution in [0.4, 0.5) is 0 Å². The topological polar surface area (TPSA) is 170 Å². The SMILES string of the molecule is CCCNCC(=NN=C(N)N)[C@@H](O)[C@H](O)[C@H](O)CO. The zero-order valence-electron chi connectivity index (χ0n) is 10.9. The summed E-state index contributed by atoms with van der Waals surface area (Å²) in [6, 6.07) is 0. The predicted octanol–water partition coefficient (Wildman–Crippen LogP) is -3.31. The molecule has 0 saturated carbocycles. The first-order valence-electron chi connectivity index (χ1n) is 5.95. The first-order chi connectivity index (χ1) is 8.93. The maximum atomic E-state index is 9.85. The molecule has 0 heterocycles. The molecule has 9 nitrogen and oxygen atoms in total. The van der Waals surface area contributed by atoms with Crippen LogP contribution in [0.2, 0.25) is 0 Å². The highest BCUT2D eigenvalue weighted by Gasteiger charge is 2.28. The van der Waals surface area contributed by atoms with Crippen LogP contribution in [-0.4, -0.2) is 70.1 Å². The minimum Gasteiger partial charge on any atom is -0.394 e. The lowest BCUT2D eigenvalue weighted by Crippen LogP contribution is -2.46. The summed E-state index contributed by atoms with van der Waals surface area (Å²) < 4.78 is 0. The first kappa shape index (κ1) is 17.7. The minimum atomic E-state index is -1.58. The van der Waals surface area contributed by atoms with E-state index in [1.807, 2.05) is 6.92 Å². The van der Waals surface area contributed by atoms with Crippen LogP contribution in [0.5, 0.6) is 0 Å². The van der Waals surface area contributed by atoms with Crippen LogP contribution in [0.1, 0.15) is 13.3 Å². The van der Waals surface area contributed by atoms with Crippen LogP contribution in [0.15, 0.2) is 10.2 Å². The number of nitrogens with zero attached hydrogens (tertiary/aromatic N) is 2. The number of aliphatic hydroxyl groups excluding tert-OH is 4. The van der Waals surface area contributed by atoms with Crippen molar-refractivity contribution in [2.75, 3.05) is 19.7 Å². The zero-order chi connectivity index (χ0) is 14.8. The van der Waals surface area contributed by atoms with Gasteiger partial charge in [0.1, 0.15) is 18.3 Å². The van der Waals surface area contributed by atoms with Gasteiger partial charge in [0.25, 0.3) is 0 Å². The van der Waals surface area contributed by atoms with Crippen molar-refractivity contribution in [2.24, 2.45) is 21.7 Å². The summed E-state index contributed by atoms with van der Waals surface area (Å²) in [6.45, 7) is 2.09. The maximum Gasteiger partial charge on any atom is 0.211 e. The van der Waals surface area contributed by atoms with Crippen LogP contribution < -0.4 is 16.8 Å². The molecule has 0 aliphatic rings. The molecule has 0 rings (SSSR count). The fourth-order valence-electron chi connectivity index (χ4n) is 1.23. The van der Waals surface area contributed by atoms with Gasteiger partial charge >= 0.3 is 0 Å². The smallest absolute Gasteiger partial charge is 0.211 e. The van der Waals surface area contributed by atoms with E-state index in [9.17, 15) is 15.3 Å². The van der Waals surface area contributed by atoms with E-state index in [0.29, 0.717) is 6.54 Å². The van der Waals surface area contributed by atoms with Gasteiger partial charge in [0.15, 0.2) is 0 Å². The molecule has 0 aromatic heterocycles. The third-order valence-electron chi connectivity index (χ3n) is 2.27. The highest BCUT2D eigenvalue weighted by Crippen LogP contribution is 2.03. The largest absolute Gasteiger partial charge is 0.394 e. The Bertz CT molecular complexity index is 306. The molecule has 0 aliphatic carbocycles. The summed E-state index contributed by atoms with van der Waals surface area (Å²) in [7, 11) is 0. The number of aliphatic hydroxyl groups is 4. The summed E-state index contributed by atoms with van der Waals surface area (Å²) in [5, 5.41) is 47.4. The quantitative estimate of drug-likeness (QED) is 0.100. The first-order valence-corrected chi connectivity index (χ1v) is 5.95. The second-order valence-corrected chi connectivity index (χ2v) is 3.98. The molecular formula is C10H23N5O4. The van der Waals surface area contributed by atoms with Crippen LogP contribution in [0, 0.1) is 0 Å². The lowest BCUT2D eigenvalue weighted by molar-refractivity contribution is -0.0558. The summed E-state index contributed by atoms with van der Waals surface area (Å²) in [6.07, 6.45) is -3.69. The van der Waals surface area contributed by atoms with Gasteiger partial charge < -0.3 is 37.2 Å².